The number of hydrogen-bond donors (Lipinski definition) is 3. The summed E-state index contributed by atoms with van der Waals surface area (Å²) in [6, 6.07) is -0.537. The summed E-state index contributed by atoms with van der Waals surface area (Å²) in [7, 11) is 0. The third-order valence-corrected chi connectivity index (χ3v) is 18.3. The lowest BCUT2D eigenvalue weighted by atomic mass is 10.0. The fourth-order valence-electron chi connectivity index (χ4n) is 12.5. The standard InChI is InChI=1S/C77H151NO5/c1-3-5-7-9-11-13-15-16-17-18-19-37-40-43-46-50-53-57-61-65-69-75(80)74(73-79)78-76(81)70-66-62-58-54-51-47-44-41-38-35-33-31-29-27-25-23-21-20-22-24-26-28-30-32-34-36-39-42-45-48-52-56-60-64-68-72-83-77(82)71-67-63-59-55-49-14-12-10-8-6-4-2/h10,12,74-75,79-80H,3-9,11,13-73H2,1-2H3,(H,78,81)/b12-10-. The van der Waals surface area contributed by atoms with Gasteiger partial charge < -0.3 is 20.3 Å². The van der Waals surface area contributed by atoms with Gasteiger partial charge in [0.15, 0.2) is 0 Å². The first-order chi connectivity index (χ1) is 41.0. The van der Waals surface area contributed by atoms with E-state index in [4.69, 9.17) is 4.74 Å². The predicted molar refractivity (Wildman–Crippen MR) is 366 cm³/mol. The molecule has 0 aromatic rings. The molecule has 0 aliphatic rings. The van der Waals surface area contributed by atoms with Crippen molar-refractivity contribution in [3.63, 3.8) is 0 Å². The summed E-state index contributed by atoms with van der Waals surface area (Å²) < 4.78 is 5.47. The van der Waals surface area contributed by atoms with Gasteiger partial charge >= 0.3 is 5.97 Å². The molecule has 0 aliphatic heterocycles. The van der Waals surface area contributed by atoms with Crippen LogP contribution in [-0.4, -0.2) is 47.4 Å². The van der Waals surface area contributed by atoms with Crippen molar-refractivity contribution in [2.75, 3.05) is 13.2 Å². The first-order valence-electron chi connectivity index (χ1n) is 38.4. The number of unbranched alkanes of at least 4 members (excludes halogenated alkanes) is 60. The third-order valence-electron chi connectivity index (χ3n) is 18.3. The number of aliphatic hydroxyl groups is 2. The number of rotatable bonds is 73. The Hall–Kier alpha value is -1.40. The van der Waals surface area contributed by atoms with Gasteiger partial charge in [-0.25, -0.2) is 0 Å². The smallest absolute Gasteiger partial charge is 0.305 e. The topological polar surface area (TPSA) is 95.9 Å². The number of carbonyl (C=O) groups is 2. The molecular formula is C77H151NO5. The number of carbonyl (C=O) groups excluding carboxylic acids is 2. The van der Waals surface area contributed by atoms with Crippen LogP contribution in [0.2, 0.25) is 0 Å². The molecule has 0 fully saturated rings. The third kappa shape index (κ3) is 69.6. The average molecular weight is 1170 g/mol. The minimum absolute atomic E-state index is 0.0124. The van der Waals surface area contributed by atoms with E-state index in [1.165, 1.54) is 366 Å². The molecule has 1 amide bonds. The molecule has 0 radical (unpaired) electrons. The van der Waals surface area contributed by atoms with Crippen molar-refractivity contribution in [2.24, 2.45) is 0 Å². The van der Waals surface area contributed by atoms with Crippen LogP contribution in [0.15, 0.2) is 12.2 Å². The summed E-state index contributed by atoms with van der Waals surface area (Å²) in [6.07, 6.45) is 91.6. The van der Waals surface area contributed by atoms with Crippen LogP contribution in [0.4, 0.5) is 0 Å². The lowest BCUT2D eigenvalue weighted by Crippen LogP contribution is -2.45. The maximum Gasteiger partial charge on any atom is 0.305 e. The second kappa shape index (κ2) is 73.1. The van der Waals surface area contributed by atoms with E-state index >= 15 is 0 Å². The van der Waals surface area contributed by atoms with E-state index in [1.807, 2.05) is 0 Å². The zero-order valence-corrected chi connectivity index (χ0v) is 56.7. The monoisotopic (exact) mass is 1170 g/mol. The lowest BCUT2D eigenvalue weighted by molar-refractivity contribution is -0.143. The molecule has 0 bridgehead atoms. The van der Waals surface area contributed by atoms with Crippen LogP contribution in [-0.2, 0) is 14.3 Å². The van der Waals surface area contributed by atoms with Crippen molar-refractivity contribution in [2.45, 2.75) is 456 Å². The molecular weight excluding hydrogens is 1020 g/mol. The fourth-order valence-corrected chi connectivity index (χ4v) is 12.5. The summed E-state index contributed by atoms with van der Waals surface area (Å²) in [5.74, 6) is -0.0120. The molecule has 0 saturated heterocycles. The Kier molecular flexibility index (Phi) is 71.8. The lowest BCUT2D eigenvalue weighted by Gasteiger charge is -2.22. The quantitative estimate of drug-likeness (QED) is 0.0320. The van der Waals surface area contributed by atoms with E-state index in [2.05, 4.69) is 31.3 Å². The van der Waals surface area contributed by atoms with Crippen LogP contribution in [0.25, 0.3) is 0 Å². The molecule has 0 aliphatic carbocycles. The number of nitrogens with one attached hydrogen (secondary N) is 1. The number of esters is 1. The zero-order chi connectivity index (χ0) is 59.9. The van der Waals surface area contributed by atoms with Gasteiger partial charge in [0.25, 0.3) is 0 Å². The second-order valence-electron chi connectivity index (χ2n) is 26.7. The zero-order valence-electron chi connectivity index (χ0n) is 56.7. The Labute approximate surface area is 520 Å². The summed E-state index contributed by atoms with van der Waals surface area (Å²) in [6.45, 7) is 4.97. The SMILES string of the molecule is CCCC/C=C\CCCCCCCC(=O)OCCCCCCCCCCCCCCCCCCCCCCCCCCCCCCCCCCCCCC(=O)NC(CO)C(O)CCCCCCCCCCCCCCCCCCCCCC. The highest BCUT2D eigenvalue weighted by Crippen LogP contribution is 2.20. The summed E-state index contributed by atoms with van der Waals surface area (Å²) >= 11 is 0. The van der Waals surface area contributed by atoms with E-state index < -0.39 is 12.1 Å². The predicted octanol–water partition coefficient (Wildman–Crippen LogP) is 25.1. The normalized spacial score (nSPS) is 12.5. The van der Waals surface area contributed by atoms with Crippen molar-refractivity contribution < 1.29 is 24.5 Å². The van der Waals surface area contributed by atoms with Gasteiger partial charge in [-0.1, -0.05) is 398 Å². The molecule has 0 saturated carbocycles. The summed E-state index contributed by atoms with van der Waals surface area (Å²) in [5, 5.41) is 23.4. The highest BCUT2D eigenvalue weighted by atomic mass is 16.5. The molecule has 3 N–H and O–H groups in total. The Morgan fingerprint density at radius 1 is 0.325 bits per heavy atom. The molecule has 6 heteroatoms. The van der Waals surface area contributed by atoms with E-state index in [1.54, 1.807) is 0 Å². The van der Waals surface area contributed by atoms with E-state index in [-0.39, 0.29) is 18.5 Å². The number of hydrogen-bond acceptors (Lipinski definition) is 5. The van der Waals surface area contributed by atoms with Crippen molar-refractivity contribution >= 4 is 11.9 Å². The first-order valence-corrected chi connectivity index (χ1v) is 38.4. The minimum Gasteiger partial charge on any atom is -0.466 e. The second-order valence-corrected chi connectivity index (χ2v) is 26.7. The maximum atomic E-state index is 12.6. The molecule has 2 unspecified atom stereocenters. The Balaban J connectivity index is 3.31. The molecule has 0 aromatic heterocycles. The molecule has 0 rings (SSSR count). The van der Waals surface area contributed by atoms with Gasteiger partial charge in [0.05, 0.1) is 25.4 Å². The summed E-state index contributed by atoms with van der Waals surface area (Å²) in [4.78, 5) is 24.6. The molecule has 83 heavy (non-hydrogen) atoms. The van der Waals surface area contributed by atoms with Crippen LogP contribution in [0.5, 0.6) is 0 Å². The van der Waals surface area contributed by atoms with Crippen molar-refractivity contribution in [1.29, 1.82) is 0 Å². The van der Waals surface area contributed by atoms with E-state index in [9.17, 15) is 19.8 Å². The van der Waals surface area contributed by atoms with E-state index in [0.717, 1.165) is 44.9 Å². The Bertz CT molecular complexity index is 1260. The van der Waals surface area contributed by atoms with Crippen molar-refractivity contribution in [1.82, 2.24) is 5.32 Å². The average Bonchev–Trinajstić information content (AvgIpc) is 3.49. The van der Waals surface area contributed by atoms with Crippen LogP contribution in [0, 0.1) is 0 Å². The Morgan fingerprint density at radius 2 is 0.578 bits per heavy atom. The largest absolute Gasteiger partial charge is 0.466 e. The van der Waals surface area contributed by atoms with Crippen molar-refractivity contribution in [3.05, 3.63) is 12.2 Å². The number of aliphatic hydroxyl groups excluding tert-OH is 2. The minimum atomic E-state index is -0.661. The number of ether oxygens (including phenoxy) is 1. The number of allylic oxidation sites excluding steroid dienone is 2. The number of amides is 1. The van der Waals surface area contributed by atoms with Crippen LogP contribution in [0.3, 0.4) is 0 Å². The molecule has 0 heterocycles. The summed E-state index contributed by atoms with van der Waals surface area (Å²) in [5.41, 5.74) is 0. The van der Waals surface area contributed by atoms with E-state index in [0.29, 0.717) is 25.9 Å². The molecule has 0 spiro atoms. The highest BCUT2D eigenvalue weighted by molar-refractivity contribution is 5.76. The van der Waals surface area contributed by atoms with Crippen LogP contribution < -0.4 is 5.32 Å². The molecule has 6 nitrogen and oxygen atoms in total. The van der Waals surface area contributed by atoms with Crippen LogP contribution in [0.1, 0.15) is 444 Å². The first kappa shape index (κ1) is 81.6. The van der Waals surface area contributed by atoms with Gasteiger partial charge in [-0.15, -0.1) is 0 Å². The van der Waals surface area contributed by atoms with Gasteiger partial charge in [0, 0.05) is 12.8 Å². The molecule has 0 aromatic carbocycles. The Morgan fingerprint density at radius 3 is 0.892 bits per heavy atom. The molecule has 494 valence electrons. The molecule has 2 atom stereocenters. The highest BCUT2D eigenvalue weighted by Gasteiger charge is 2.20. The van der Waals surface area contributed by atoms with Gasteiger partial charge in [0.2, 0.25) is 5.91 Å². The maximum absolute atomic E-state index is 12.6. The van der Waals surface area contributed by atoms with Crippen LogP contribution >= 0.6 is 0 Å². The van der Waals surface area contributed by atoms with Gasteiger partial charge in [-0.2, -0.15) is 0 Å². The van der Waals surface area contributed by atoms with Gasteiger partial charge in [0.1, 0.15) is 0 Å². The fraction of sp³-hybridized carbons (Fsp3) is 0.948. The van der Waals surface area contributed by atoms with Crippen molar-refractivity contribution in [3.8, 4) is 0 Å². The van der Waals surface area contributed by atoms with Gasteiger partial charge in [-0.05, 0) is 44.9 Å². The van der Waals surface area contributed by atoms with Gasteiger partial charge in [-0.3, -0.25) is 9.59 Å².